The van der Waals surface area contributed by atoms with Crippen molar-refractivity contribution in [1.82, 2.24) is 10.3 Å². The zero-order valence-electron chi connectivity index (χ0n) is 11.4. The highest BCUT2D eigenvalue weighted by Crippen LogP contribution is 2.36. The number of hydrogen-bond acceptors (Lipinski definition) is 8. The maximum Gasteiger partial charge on any atom is 0.302 e. The first kappa shape index (κ1) is 17.4. The van der Waals surface area contributed by atoms with Crippen molar-refractivity contribution in [1.29, 1.82) is 0 Å². The predicted molar refractivity (Wildman–Crippen MR) is 81.3 cm³/mol. The average molecular weight is 330 g/mol. The fraction of sp³-hybridized carbons (Fsp3) is 0.364. The Morgan fingerprint density at radius 3 is 2.71 bits per heavy atom. The fourth-order valence-electron chi connectivity index (χ4n) is 1.29. The van der Waals surface area contributed by atoms with Gasteiger partial charge in [0.25, 0.3) is 0 Å². The van der Waals surface area contributed by atoms with Crippen LogP contribution in [0.5, 0.6) is 0 Å². The number of nitrogens with one attached hydrogen (secondary N) is 1. The van der Waals surface area contributed by atoms with Crippen LogP contribution in [-0.2, 0) is 4.79 Å². The highest BCUT2D eigenvalue weighted by Gasteiger charge is 2.20. The molecule has 10 heteroatoms. The van der Waals surface area contributed by atoms with Gasteiger partial charge in [-0.05, 0) is 24.8 Å². The van der Waals surface area contributed by atoms with Gasteiger partial charge in [-0.2, -0.15) is 0 Å². The second-order valence-corrected chi connectivity index (χ2v) is 6.30. The molecule has 0 aliphatic rings. The highest BCUT2D eigenvalue weighted by atomic mass is 33.1. The van der Waals surface area contributed by atoms with Crippen molar-refractivity contribution in [2.45, 2.75) is 18.0 Å². The Morgan fingerprint density at radius 1 is 1.57 bits per heavy atom. The first-order chi connectivity index (χ1) is 9.86. The van der Waals surface area contributed by atoms with E-state index in [1.54, 1.807) is 7.05 Å². The van der Waals surface area contributed by atoms with Crippen LogP contribution in [0, 0.1) is 10.1 Å². The molecule has 0 aliphatic carbocycles. The molecule has 1 amide bonds. The molecule has 0 spiro atoms. The SMILES string of the molecule is CN[C@@H](CSSc1ncc(C(C)=O)cc1[N+](=O)[O-])C(N)=O. The molecule has 1 aromatic rings. The Bertz CT molecular complexity index is 567. The van der Waals surface area contributed by atoms with Crippen LogP contribution < -0.4 is 11.1 Å². The van der Waals surface area contributed by atoms with E-state index in [1.807, 2.05) is 0 Å². The zero-order chi connectivity index (χ0) is 16.0. The molecule has 0 radical (unpaired) electrons. The van der Waals surface area contributed by atoms with Crippen LogP contribution in [0.25, 0.3) is 0 Å². The van der Waals surface area contributed by atoms with Gasteiger partial charge in [-0.25, -0.2) is 4.98 Å². The number of aromatic nitrogens is 1. The number of nitrogens with zero attached hydrogens (tertiary/aromatic N) is 2. The van der Waals surface area contributed by atoms with Gasteiger partial charge < -0.3 is 11.1 Å². The first-order valence-electron chi connectivity index (χ1n) is 5.78. The smallest absolute Gasteiger partial charge is 0.302 e. The van der Waals surface area contributed by atoms with Crippen LogP contribution >= 0.6 is 21.6 Å². The summed E-state index contributed by atoms with van der Waals surface area (Å²) in [6, 6.07) is 0.667. The summed E-state index contributed by atoms with van der Waals surface area (Å²) in [4.78, 5) is 36.6. The molecule has 3 N–H and O–H groups in total. The van der Waals surface area contributed by atoms with Crippen LogP contribution in [0.2, 0.25) is 0 Å². The number of primary amides is 1. The van der Waals surface area contributed by atoms with Gasteiger partial charge in [-0.3, -0.25) is 19.7 Å². The summed E-state index contributed by atoms with van der Waals surface area (Å²) >= 11 is 0. The molecule has 0 saturated carbocycles. The summed E-state index contributed by atoms with van der Waals surface area (Å²) in [6.07, 6.45) is 1.29. The number of rotatable bonds is 8. The molecule has 0 unspecified atom stereocenters. The molecule has 114 valence electrons. The topological polar surface area (TPSA) is 128 Å². The second kappa shape index (κ2) is 7.96. The molecule has 21 heavy (non-hydrogen) atoms. The van der Waals surface area contributed by atoms with Crippen molar-refractivity contribution in [3.63, 3.8) is 0 Å². The first-order valence-corrected chi connectivity index (χ1v) is 8.10. The van der Waals surface area contributed by atoms with Gasteiger partial charge in [0.15, 0.2) is 10.8 Å². The van der Waals surface area contributed by atoms with Gasteiger partial charge in [0.1, 0.15) is 0 Å². The monoisotopic (exact) mass is 330 g/mol. The largest absolute Gasteiger partial charge is 0.368 e. The van der Waals surface area contributed by atoms with Gasteiger partial charge >= 0.3 is 5.69 Å². The Balaban J connectivity index is 2.81. The van der Waals surface area contributed by atoms with Gasteiger partial charge in [0.2, 0.25) is 5.91 Å². The van der Waals surface area contributed by atoms with Crippen molar-refractivity contribution in [3.05, 3.63) is 27.9 Å². The van der Waals surface area contributed by atoms with Crippen molar-refractivity contribution in [3.8, 4) is 0 Å². The summed E-state index contributed by atoms with van der Waals surface area (Å²) in [5, 5.41) is 13.9. The van der Waals surface area contributed by atoms with Crippen molar-refractivity contribution < 1.29 is 14.5 Å². The zero-order valence-corrected chi connectivity index (χ0v) is 13.0. The lowest BCUT2D eigenvalue weighted by Gasteiger charge is -2.10. The molecular weight excluding hydrogens is 316 g/mol. The van der Waals surface area contributed by atoms with E-state index in [4.69, 9.17) is 5.73 Å². The van der Waals surface area contributed by atoms with Crippen LogP contribution in [0.1, 0.15) is 17.3 Å². The Hall–Kier alpha value is -1.65. The van der Waals surface area contributed by atoms with E-state index in [1.165, 1.54) is 30.0 Å². The standard InChI is InChI=1S/C11H14N4O4S2/c1-6(16)7-3-9(15(18)19)11(14-4-7)21-20-5-8(13-2)10(12)17/h3-4,8,13H,5H2,1-2H3,(H2,12,17)/t8-/m0/s1. The van der Waals surface area contributed by atoms with E-state index in [0.717, 1.165) is 10.8 Å². The average Bonchev–Trinajstić information content (AvgIpc) is 2.42. The summed E-state index contributed by atoms with van der Waals surface area (Å²) in [7, 11) is 3.88. The number of nitro groups is 1. The number of pyridine rings is 1. The Morgan fingerprint density at radius 2 is 2.24 bits per heavy atom. The summed E-state index contributed by atoms with van der Waals surface area (Å²) in [6.45, 7) is 1.31. The van der Waals surface area contributed by atoms with Crippen molar-refractivity contribution in [2.75, 3.05) is 12.8 Å². The quantitative estimate of drug-likeness (QED) is 0.313. The number of amides is 1. The number of carbonyl (C=O) groups is 2. The minimum absolute atomic E-state index is 0.175. The summed E-state index contributed by atoms with van der Waals surface area (Å²) in [5.74, 6) is -0.456. The van der Waals surface area contributed by atoms with Gasteiger partial charge in [-0.15, -0.1) is 0 Å². The van der Waals surface area contributed by atoms with Gasteiger partial charge in [-0.1, -0.05) is 10.8 Å². The van der Waals surface area contributed by atoms with Crippen LogP contribution in [0.3, 0.4) is 0 Å². The summed E-state index contributed by atoms with van der Waals surface area (Å²) in [5.41, 5.74) is 5.12. The van der Waals surface area contributed by atoms with E-state index >= 15 is 0 Å². The molecule has 0 bridgehead atoms. The molecule has 0 saturated heterocycles. The van der Waals surface area contributed by atoms with Crippen LogP contribution in [-0.4, -0.2) is 40.4 Å². The lowest BCUT2D eigenvalue weighted by molar-refractivity contribution is -0.388. The molecule has 0 fully saturated rings. The van der Waals surface area contributed by atoms with Gasteiger partial charge in [0, 0.05) is 23.6 Å². The third-order valence-corrected chi connectivity index (χ3v) is 4.80. The molecule has 1 aromatic heterocycles. The van der Waals surface area contributed by atoms with E-state index in [9.17, 15) is 19.7 Å². The number of likely N-dealkylation sites (N-methyl/N-ethyl adjacent to an activating group) is 1. The van der Waals surface area contributed by atoms with Crippen molar-refractivity contribution in [2.24, 2.45) is 5.73 Å². The highest BCUT2D eigenvalue weighted by molar-refractivity contribution is 8.76. The van der Waals surface area contributed by atoms with E-state index in [-0.39, 0.29) is 22.1 Å². The lowest BCUT2D eigenvalue weighted by atomic mass is 10.2. The minimum Gasteiger partial charge on any atom is -0.368 e. The number of hydrogen-bond donors (Lipinski definition) is 2. The van der Waals surface area contributed by atoms with Crippen LogP contribution in [0.15, 0.2) is 17.3 Å². The molecule has 0 aromatic carbocycles. The van der Waals surface area contributed by atoms with E-state index < -0.39 is 16.9 Å². The summed E-state index contributed by atoms with van der Waals surface area (Å²) < 4.78 is 0. The third-order valence-electron chi connectivity index (χ3n) is 2.50. The fourth-order valence-corrected chi connectivity index (χ4v) is 3.59. The molecule has 1 atom stereocenters. The Kier molecular flexibility index (Phi) is 6.59. The molecule has 0 aliphatic heterocycles. The predicted octanol–water partition coefficient (Wildman–Crippen LogP) is 1.01. The van der Waals surface area contributed by atoms with Gasteiger partial charge in [0.05, 0.1) is 11.0 Å². The molecular formula is C11H14N4O4S2. The second-order valence-electron chi connectivity index (χ2n) is 3.97. The maximum atomic E-state index is 11.2. The normalized spacial score (nSPS) is 11.9. The number of nitrogens with two attached hydrogens (primary N) is 1. The molecule has 1 heterocycles. The number of carbonyl (C=O) groups excluding carboxylic acids is 2. The van der Waals surface area contributed by atoms with Crippen LogP contribution in [0.4, 0.5) is 5.69 Å². The maximum absolute atomic E-state index is 11.2. The lowest BCUT2D eigenvalue weighted by Crippen LogP contribution is -2.40. The van der Waals surface area contributed by atoms with E-state index in [2.05, 4.69) is 10.3 Å². The molecule has 8 nitrogen and oxygen atoms in total. The third kappa shape index (κ3) is 4.99. The van der Waals surface area contributed by atoms with Crippen molar-refractivity contribution >= 4 is 39.0 Å². The Labute approximate surface area is 128 Å². The number of Topliss-reactive ketones (excluding diaryl/α,β-unsaturated/α-hetero) is 1. The molecule has 1 rings (SSSR count). The minimum atomic E-state index is -0.591. The number of ketones is 1. The van der Waals surface area contributed by atoms with E-state index in [0.29, 0.717) is 5.75 Å².